The number of esters is 1. The van der Waals surface area contributed by atoms with Gasteiger partial charge in [0, 0.05) is 195 Å². The molecule has 0 aromatic heterocycles. The largest absolute Gasteiger partial charge is 0.469 e. The van der Waals surface area contributed by atoms with Crippen LogP contribution < -0.4 is 0 Å². The average Bonchev–Trinajstić information content (AvgIpc) is 0.815. The molecule has 0 saturated heterocycles. The molecule has 0 spiro atoms. The average molecular weight is 1730 g/mol. The molecule has 704 valence electrons. The van der Waals surface area contributed by atoms with Crippen LogP contribution >= 0.6 is 0 Å². The third-order valence-electron chi connectivity index (χ3n) is 25.1. The minimum absolute atomic E-state index is 0.0105. The summed E-state index contributed by atoms with van der Waals surface area (Å²) in [5.74, 6) is -12.6. The highest BCUT2D eigenvalue weighted by Gasteiger charge is 2.47. The lowest BCUT2D eigenvalue weighted by molar-refractivity contribution is -0.153. The lowest BCUT2D eigenvalue weighted by Crippen LogP contribution is -2.38. The van der Waals surface area contributed by atoms with Crippen molar-refractivity contribution >= 4 is 104 Å². The van der Waals surface area contributed by atoms with E-state index in [1.807, 2.05) is 111 Å². The zero-order chi connectivity index (χ0) is 96.3. The second kappa shape index (κ2) is 50.4. The monoisotopic (exact) mass is 1730 g/mol. The Morgan fingerprint density at radius 2 is 0.382 bits per heavy atom. The van der Waals surface area contributed by atoms with Crippen LogP contribution in [0.15, 0.2) is 0 Å². The molecular weight excluding hydrogens is 1560 g/mol. The smallest absolute Gasteiger partial charge is 0.311 e. The van der Waals surface area contributed by atoms with E-state index in [0.717, 1.165) is 4.90 Å². The molecule has 21 nitrogen and oxygen atoms in total. The summed E-state index contributed by atoms with van der Waals surface area (Å²) in [4.78, 5) is 256. The van der Waals surface area contributed by atoms with Gasteiger partial charge >= 0.3 is 5.97 Å². The second-order valence-electron chi connectivity index (χ2n) is 45.9. The van der Waals surface area contributed by atoms with Crippen LogP contribution in [0.5, 0.6) is 0 Å². The molecule has 8 atom stereocenters. The maximum absolute atomic E-state index is 14.7. The van der Waals surface area contributed by atoms with Gasteiger partial charge in [-0.2, -0.15) is 0 Å². The highest BCUT2D eigenvalue weighted by Crippen LogP contribution is 2.42. The van der Waals surface area contributed by atoms with Gasteiger partial charge in [0.2, 0.25) is 5.91 Å². The van der Waals surface area contributed by atoms with Crippen molar-refractivity contribution in [1.29, 1.82) is 0 Å². The molecule has 0 aromatic carbocycles. The quantitative estimate of drug-likeness (QED) is 0.0553. The first-order valence-electron chi connectivity index (χ1n) is 46.1. The van der Waals surface area contributed by atoms with Crippen LogP contribution in [0.3, 0.4) is 0 Å². The van der Waals surface area contributed by atoms with Gasteiger partial charge in [0.15, 0.2) is 5.78 Å². The summed E-state index contributed by atoms with van der Waals surface area (Å²) in [6.07, 6.45) is -0.421. The molecule has 1 amide bonds. The zero-order valence-corrected chi connectivity index (χ0v) is 83.3. The van der Waals surface area contributed by atoms with Gasteiger partial charge < -0.3 is 14.7 Å². The predicted molar refractivity (Wildman–Crippen MR) is 485 cm³/mol. The molecule has 0 bridgehead atoms. The van der Waals surface area contributed by atoms with Crippen molar-refractivity contribution in [3.63, 3.8) is 0 Å². The van der Waals surface area contributed by atoms with Gasteiger partial charge in [-0.1, -0.05) is 208 Å². The van der Waals surface area contributed by atoms with Crippen molar-refractivity contribution in [2.24, 2.45) is 138 Å². The molecular formula is C102H171NO20. The standard InChI is InChI=1S/C102H171NO20/c1-61(2)35-69(43-77(105)59-103(33)93(121)60-104)78(106)51-95(17,18)86(114)44-70(36-62(3)4)79(107)52-96(19,20)87(115)45-71(37-63(5)6)80(108)53-97(21,22)88(116)46-72(38-64(7)8)81(109)54-98(23,24)89(117)47-73(39-65(9)10)82(110)55-99(25,26)90(118)48-74(40-66(11)12)83(111)56-100(27,28)91(119)49-75(41-67(13)14)84(112)57-101(29,30)92(120)50-76(42-68(15)16)85(113)58-102(31,32)94(122)123-34/h61-76,104H,35-60H2,1-34H3. The van der Waals surface area contributed by atoms with E-state index in [2.05, 4.69) is 0 Å². The normalized spacial score (nSPS) is 14.9. The van der Waals surface area contributed by atoms with Crippen LogP contribution in [0, 0.1) is 138 Å². The Balaban J connectivity index is 6.66. The summed E-state index contributed by atoms with van der Waals surface area (Å²) < 4.78 is 4.93. The Morgan fingerprint density at radius 3 is 0.512 bits per heavy atom. The van der Waals surface area contributed by atoms with Crippen molar-refractivity contribution < 1.29 is 96.1 Å². The summed E-state index contributed by atoms with van der Waals surface area (Å²) in [6.45, 7) is 56.3. The highest BCUT2D eigenvalue weighted by atomic mass is 16.5. The summed E-state index contributed by atoms with van der Waals surface area (Å²) in [5.41, 5.74) is -9.93. The minimum Gasteiger partial charge on any atom is -0.469 e. The number of methoxy groups -OCH3 is 1. The van der Waals surface area contributed by atoms with E-state index in [-0.39, 0.29) is 249 Å². The number of aliphatic hydroxyl groups is 1. The number of amides is 1. The Bertz CT molecular complexity index is 3630. The number of aliphatic hydroxyl groups excluding tert-OH is 1. The fourth-order valence-corrected chi connectivity index (χ4v) is 17.2. The van der Waals surface area contributed by atoms with E-state index >= 15 is 0 Å². The van der Waals surface area contributed by atoms with Crippen LogP contribution in [0.4, 0.5) is 0 Å². The third kappa shape index (κ3) is 41.5. The number of Topliss-reactive ketones (excluding diaryl/α,β-unsaturated/α-hetero) is 16. The van der Waals surface area contributed by atoms with E-state index in [9.17, 15) is 91.4 Å². The van der Waals surface area contributed by atoms with E-state index in [1.54, 1.807) is 111 Å². The summed E-state index contributed by atoms with van der Waals surface area (Å²) in [6, 6.07) is 0. The molecule has 0 aliphatic heterocycles. The lowest BCUT2D eigenvalue weighted by atomic mass is 9.70. The van der Waals surface area contributed by atoms with E-state index in [1.165, 1.54) is 14.2 Å². The number of nitrogens with zero attached hydrogens (tertiary/aromatic N) is 1. The van der Waals surface area contributed by atoms with Crippen molar-refractivity contribution in [3.8, 4) is 0 Å². The zero-order valence-electron chi connectivity index (χ0n) is 83.3. The van der Waals surface area contributed by atoms with Crippen LogP contribution in [0.25, 0.3) is 0 Å². The molecule has 1 N–H and O–H groups in total. The molecule has 0 radical (unpaired) electrons. The van der Waals surface area contributed by atoms with Crippen molar-refractivity contribution in [1.82, 2.24) is 4.90 Å². The number of carbonyl (C=O) groups excluding carboxylic acids is 18. The number of ether oxygens (including phenoxy) is 1. The maximum atomic E-state index is 14.7. The van der Waals surface area contributed by atoms with Crippen LogP contribution in [-0.4, -0.2) is 142 Å². The topological polar surface area (TPSA) is 340 Å². The molecule has 0 fully saturated rings. The predicted octanol–water partition coefficient (Wildman–Crippen LogP) is 19.5. The fraction of sp³-hybridized carbons (Fsp3) is 0.824. The summed E-state index contributed by atoms with van der Waals surface area (Å²) >= 11 is 0. The van der Waals surface area contributed by atoms with Crippen molar-refractivity contribution in [3.05, 3.63) is 0 Å². The molecule has 0 rings (SSSR count). The molecule has 0 aromatic rings. The lowest BCUT2D eigenvalue weighted by Gasteiger charge is -2.32. The maximum Gasteiger partial charge on any atom is 0.311 e. The van der Waals surface area contributed by atoms with E-state index in [4.69, 9.17) is 4.74 Å². The minimum atomic E-state index is -1.30. The Hall–Kier alpha value is -6.38. The van der Waals surface area contributed by atoms with Crippen molar-refractivity contribution in [2.75, 3.05) is 27.3 Å². The van der Waals surface area contributed by atoms with Gasteiger partial charge in [0.1, 0.15) is 93.4 Å². The van der Waals surface area contributed by atoms with Crippen LogP contribution in [0.2, 0.25) is 0 Å². The van der Waals surface area contributed by atoms with Gasteiger partial charge in [0.25, 0.3) is 0 Å². The van der Waals surface area contributed by atoms with Gasteiger partial charge in [-0.15, -0.1) is 0 Å². The highest BCUT2D eigenvalue weighted by molar-refractivity contribution is 6.03. The first-order valence-corrected chi connectivity index (χ1v) is 46.1. The molecule has 123 heavy (non-hydrogen) atoms. The summed E-state index contributed by atoms with van der Waals surface area (Å²) in [5, 5.41) is 9.26. The second-order valence-corrected chi connectivity index (χ2v) is 45.9. The van der Waals surface area contributed by atoms with Crippen molar-refractivity contribution in [2.45, 2.75) is 376 Å². The van der Waals surface area contributed by atoms with Crippen LogP contribution in [-0.2, 0) is 91.0 Å². The number of hydrogen-bond donors (Lipinski definition) is 1. The Labute approximate surface area is 742 Å². The fourth-order valence-electron chi connectivity index (χ4n) is 17.2. The SMILES string of the molecule is COC(=O)C(C)(C)CC(=O)C(CC(=O)C(C)(C)CC(=O)C(CC(=O)C(C)(C)CC(=O)C(CC(=O)C(C)(C)CC(=O)C(CC(=O)C(C)(C)CC(=O)C(CC(=O)C(C)(C)CC(=O)C(CC(=O)C(C)(C)CC(=O)C(CC(=O)C(C)(C)CC(=O)C(CC(=O)CN(C)C(=O)CO)CC(C)C)CC(C)C)CC(C)C)CC(C)C)CC(C)C)CC(C)C)CC(C)C)CC(C)C. The number of carbonyl (C=O) groups is 18. The first-order chi connectivity index (χ1) is 55.7. The van der Waals surface area contributed by atoms with E-state index < -0.39 is 109 Å². The van der Waals surface area contributed by atoms with Gasteiger partial charge in [-0.3, -0.25) is 86.3 Å². The third-order valence-corrected chi connectivity index (χ3v) is 25.1. The summed E-state index contributed by atoms with van der Waals surface area (Å²) in [7, 11) is 2.65. The first kappa shape index (κ1) is 117. The van der Waals surface area contributed by atoms with Gasteiger partial charge in [-0.05, 0) is 113 Å². The van der Waals surface area contributed by atoms with Crippen LogP contribution in [0.1, 0.15) is 376 Å². The van der Waals surface area contributed by atoms with E-state index in [0.29, 0.717) is 51.4 Å². The number of ketones is 16. The van der Waals surface area contributed by atoms with Gasteiger partial charge in [-0.25, -0.2) is 0 Å². The number of rotatable bonds is 67. The Kier molecular flexibility index (Phi) is 47.8. The van der Waals surface area contributed by atoms with Gasteiger partial charge in [0.05, 0.1) is 19.1 Å². The molecule has 8 unspecified atom stereocenters. The number of likely N-dealkylation sites (N-methyl/N-ethyl adjacent to an activating group) is 1. The molecule has 0 heterocycles. The molecule has 0 aliphatic carbocycles. The molecule has 0 saturated carbocycles. The molecule has 21 heteroatoms. The molecule has 0 aliphatic rings. The number of hydrogen-bond acceptors (Lipinski definition) is 20. The Morgan fingerprint density at radius 1 is 0.244 bits per heavy atom.